The molecule has 0 aliphatic rings. The van der Waals surface area contributed by atoms with Crippen molar-refractivity contribution < 1.29 is 24.2 Å². The van der Waals surface area contributed by atoms with Gasteiger partial charge in [0.05, 0.1) is 6.10 Å². The fourth-order valence-electron chi connectivity index (χ4n) is 2.27. The Kier molecular flexibility index (Phi) is 7.33. The molecule has 0 saturated heterocycles. The Morgan fingerprint density at radius 1 is 1.04 bits per heavy atom. The minimum Gasteiger partial charge on any atom is -0.491 e. The van der Waals surface area contributed by atoms with Crippen LogP contribution in [0.3, 0.4) is 0 Å². The summed E-state index contributed by atoms with van der Waals surface area (Å²) < 4.78 is 5.57. The molecule has 0 spiro atoms. The van der Waals surface area contributed by atoms with E-state index in [0.717, 1.165) is 0 Å². The van der Waals surface area contributed by atoms with Crippen LogP contribution in [0.1, 0.15) is 29.8 Å². The van der Waals surface area contributed by atoms with Gasteiger partial charge in [-0.15, -0.1) is 0 Å². The van der Waals surface area contributed by atoms with Gasteiger partial charge in [0.1, 0.15) is 18.0 Å². The van der Waals surface area contributed by atoms with Crippen molar-refractivity contribution in [3.05, 3.63) is 71.4 Å². The molecule has 2 rings (SSSR count). The number of amides is 2. The molecule has 2 aromatic rings. The van der Waals surface area contributed by atoms with Crippen LogP contribution in [0.2, 0.25) is 0 Å². The summed E-state index contributed by atoms with van der Waals surface area (Å²) in [5, 5.41) is 13.5. The maximum atomic E-state index is 12.4. The number of carboxylic acids is 1. The van der Waals surface area contributed by atoms with Gasteiger partial charge >= 0.3 is 5.97 Å². The van der Waals surface area contributed by atoms with Crippen molar-refractivity contribution in [2.45, 2.75) is 20.0 Å². The molecule has 2 amide bonds. The number of rotatable bonds is 8. The van der Waals surface area contributed by atoms with Gasteiger partial charge in [0.2, 0.25) is 0 Å². The molecule has 0 radical (unpaired) electrons. The van der Waals surface area contributed by atoms with Crippen LogP contribution in [0.15, 0.2) is 60.3 Å². The summed E-state index contributed by atoms with van der Waals surface area (Å²) in [5.41, 5.74) is 0.956. The first-order valence-electron chi connectivity index (χ1n) is 8.70. The van der Waals surface area contributed by atoms with Crippen LogP contribution in [0.25, 0.3) is 6.08 Å². The molecule has 0 bridgehead atoms. The Bertz CT molecular complexity index is 858. The molecule has 7 heteroatoms. The monoisotopic (exact) mass is 382 g/mol. The van der Waals surface area contributed by atoms with E-state index in [-0.39, 0.29) is 11.8 Å². The lowest BCUT2D eigenvalue weighted by atomic mass is 10.1. The summed E-state index contributed by atoms with van der Waals surface area (Å²) in [6, 6.07) is 15.4. The molecule has 7 nitrogen and oxygen atoms in total. The third kappa shape index (κ3) is 6.60. The molecule has 0 aliphatic heterocycles. The van der Waals surface area contributed by atoms with E-state index in [1.54, 1.807) is 54.6 Å². The molecule has 0 unspecified atom stereocenters. The summed E-state index contributed by atoms with van der Waals surface area (Å²) >= 11 is 0. The molecule has 0 fully saturated rings. The van der Waals surface area contributed by atoms with E-state index in [2.05, 4.69) is 10.6 Å². The van der Waals surface area contributed by atoms with E-state index >= 15 is 0 Å². The predicted octanol–water partition coefficient (Wildman–Crippen LogP) is 2.45. The minimum absolute atomic E-state index is 0.0314. The summed E-state index contributed by atoms with van der Waals surface area (Å²) in [6.45, 7) is 3.27. The molecule has 0 atom stereocenters. The Morgan fingerprint density at radius 3 is 2.25 bits per heavy atom. The zero-order valence-corrected chi connectivity index (χ0v) is 15.6. The number of benzene rings is 2. The number of carbonyl (C=O) groups is 3. The average molecular weight is 382 g/mol. The summed E-state index contributed by atoms with van der Waals surface area (Å²) in [5.74, 6) is -1.68. The van der Waals surface area contributed by atoms with Gasteiger partial charge in [0.25, 0.3) is 11.8 Å². The van der Waals surface area contributed by atoms with Crippen LogP contribution >= 0.6 is 0 Å². The maximum absolute atomic E-state index is 12.4. The van der Waals surface area contributed by atoms with E-state index < -0.39 is 24.3 Å². The fourth-order valence-corrected chi connectivity index (χ4v) is 2.27. The molecular weight excluding hydrogens is 360 g/mol. The number of hydrogen-bond acceptors (Lipinski definition) is 4. The lowest BCUT2D eigenvalue weighted by Crippen LogP contribution is -2.37. The molecule has 0 saturated carbocycles. The molecule has 2 aromatic carbocycles. The fraction of sp³-hybridized carbons (Fsp3) is 0.190. The quantitative estimate of drug-likeness (QED) is 0.608. The van der Waals surface area contributed by atoms with Gasteiger partial charge in [-0.05, 0) is 49.8 Å². The number of aliphatic carboxylic acids is 1. The third-order valence-electron chi connectivity index (χ3n) is 3.49. The van der Waals surface area contributed by atoms with Gasteiger partial charge in [0.15, 0.2) is 0 Å². The SMILES string of the molecule is CC(C)Oc1ccc(C=C(NC(=O)c2ccccc2)C(=O)NCC(=O)O)cc1. The largest absolute Gasteiger partial charge is 0.491 e. The average Bonchev–Trinajstić information content (AvgIpc) is 2.67. The highest BCUT2D eigenvalue weighted by molar-refractivity contribution is 6.05. The maximum Gasteiger partial charge on any atom is 0.322 e. The van der Waals surface area contributed by atoms with Crippen molar-refractivity contribution in [2.24, 2.45) is 0 Å². The highest BCUT2D eigenvalue weighted by Crippen LogP contribution is 2.16. The predicted molar refractivity (Wildman–Crippen MR) is 105 cm³/mol. The number of carbonyl (C=O) groups excluding carboxylic acids is 2. The van der Waals surface area contributed by atoms with E-state index in [1.807, 2.05) is 13.8 Å². The zero-order valence-electron chi connectivity index (χ0n) is 15.6. The molecule has 28 heavy (non-hydrogen) atoms. The first-order chi connectivity index (χ1) is 13.3. The van der Waals surface area contributed by atoms with Gasteiger partial charge in [-0.25, -0.2) is 0 Å². The van der Waals surface area contributed by atoms with E-state index in [4.69, 9.17) is 9.84 Å². The van der Waals surface area contributed by atoms with Gasteiger partial charge in [-0.2, -0.15) is 0 Å². The number of nitrogens with one attached hydrogen (secondary N) is 2. The lowest BCUT2D eigenvalue weighted by Gasteiger charge is -2.11. The smallest absolute Gasteiger partial charge is 0.322 e. The number of hydrogen-bond donors (Lipinski definition) is 3. The van der Waals surface area contributed by atoms with Crippen LogP contribution in [-0.4, -0.2) is 35.5 Å². The summed E-state index contributed by atoms with van der Waals surface area (Å²) in [7, 11) is 0. The Hall–Kier alpha value is -3.61. The van der Waals surface area contributed by atoms with E-state index in [0.29, 0.717) is 16.9 Å². The van der Waals surface area contributed by atoms with Crippen molar-refractivity contribution in [1.29, 1.82) is 0 Å². The second-order valence-electron chi connectivity index (χ2n) is 6.19. The van der Waals surface area contributed by atoms with Crippen molar-refractivity contribution in [2.75, 3.05) is 6.54 Å². The molecule has 0 aromatic heterocycles. The summed E-state index contributed by atoms with van der Waals surface area (Å²) in [6.07, 6.45) is 1.50. The van der Waals surface area contributed by atoms with Crippen LogP contribution in [0.5, 0.6) is 5.75 Å². The minimum atomic E-state index is -1.18. The van der Waals surface area contributed by atoms with Gasteiger partial charge in [-0.1, -0.05) is 30.3 Å². The van der Waals surface area contributed by atoms with E-state index in [1.165, 1.54) is 6.08 Å². The van der Waals surface area contributed by atoms with Crippen molar-refractivity contribution in [1.82, 2.24) is 10.6 Å². The topological polar surface area (TPSA) is 105 Å². The summed E-state index contributed by atoms with van der Waals surface area (Å²) in [4.78, 5) is 35.5. The van der Waals surface area contributed by atoms with Crippen molar-refractivity contribution >= 4 is 23.9 Å². The first kappa shape index (κ1) is 20.7. The number of ether oxygens (including phenoxy) is 1. The van der Waals surface area contributed by atoms with Crippen LogP contribution in [0.4, 0.5) is 0 Å². The Labute approximate surface area is 163 Å². The van der Waals surface area contributed by atoms with Crippen LogP contribution in [0, 0.1) is 0 Å². The Balaban J connectivity index is 2.23. The van der Waals surface area contributed by atoms with Crippen molar-refractivity contribution in [3.8, 4) is 5.75 Å². The molecule has 0 heterocycles. The van der Waals surface area contributed by atoms with Crippen molar-refractivity contribution in [3.63, 3.8) is 0 Å². The molecule has 146 valence electrons. The first-order valence-corrected chi connectivity index (χ1v) is 8.70. The standard InChI is InChI=1S/C21H22N2O5/c1-14(2)28-17-10-8-15(9-11-17)12-18(21(27)22-13-19(24)25)23-20(26)16-6-4-3-5-7-16/h3-12,14H,13H2,1-2H3,(H,22,27)(H,23,26)(H,24,25). The van der Waals surface area contributed by atoms with Crippen LogP contribution < -0.4 is 15.4 Å². The zero-order chi connectivity index (χ0) is 20.5. The van der Waals surface area contributed by atoms with Gasteiger partial charge in [0, 0.05) is 5.56 Å². The normalized spacial score (nSPS) is 11.0. The molecule has 0 aliphatic carbocycles. The lowest BCUT2D eigenvalue weighted by molar-refractivity contribution is -0.137. The van der Waals surface area contributed by atoms with E-state index in [9.17, 15) is 14.4 Å². The number of carboxylic acid groups (broad SMARTS) is 1. The van der Waals surface area contributed by atoms with Crippen LogP contribution in [-0.2, 0) is 9.59 Å². The second kappa shape index (κ2) is 9.91. The highest BCUT2D eigenvalue weighted by Gasteiger charge is 2.15. The van der Waals surface area contributed by atoms with Gasteiger partial charge in [-0.3, -0.25) is 14.4 Å². The molecule has 3 N–H and O–H groups in total. The second-order valence-corrected chi connectivity index (χ2v) is 6.19. The third-order valence-corrected chi connectivity index (χ3v) is 3.49. The highest BCUT2D eigenvalue weighted by atomic mass is 16.5. The molecular formula is C21H22N2O5. The Morgan fingerprint density at radius 2 is 1.68 bits per heavy atom. The van der Waals surface area contributed by atoms with Gasteiger partial charge < -0.3 is 20.5 Å².